The van der Waals surface area contributed by atoms with Crippen molar-refractivity contribution in [2.45, 2.75) is 39.0 Å². The Morgan fingerprint density at radius 3 is 3.05 bits per heavy atom. The SMILES string of the molecule is CC1(C)C(NC(=O)c2csc(CN)n2)C2CCOC21.Cl. The van der Waals surface area contributed by atoms with Crippen LogP contribution < -0.4 is 11.1 Å². The van der Waals surface area contributed by atoms with Gasteiger partial charge >= 0.3 is 0 Å². The Bertz CT molecular complexity index is 506. The van der Waals surface area contributed by atoms with Crippen LogP contribution in [-0.2, 0) is 11.3 Å². The van der Waals surface area contributed by atoms with E-state index in [1.54, 1.807) is 5.38 Å². The van der Waals surface area contributed by atoms with Crippen molar-refractivity contribution in [1.82, 2.24) is 10.3 Å². The fraction of sp³-hybridized carbons (Fsp3) is 0.692. The Balaban J connectivity index is 0.00000147. The van der Waals surface area contributed by atoms with Gasteiger partial charge in [-0.15, -0.1) is 23.7 Å². The molecular formula is C13H20ClN3O2S. The maximum atomic E-state index is 12.2. The van der Waals surface area contributed by atoms with Gasteiger partial charge in [0.05, 0.1) is 6.10 Å². The molecule has 1 aromatic heterocycles. The lowest BCUT2D eigenvalue weighted by Gasteiger charge is -2.54. The number of halogens is 1. The van der Waals surface area contributed by atoms with E-state index in [1.165, 1.54) is 11.3 Å². The van der Waals surface area contributed by atoms with Crippen molar-refractivity contribution < 1.29 is 9.53 Å². The lowest BCUT2D eigenvalue weighted by atomic mass is 9.57. The molecule has 1 aliphatic carbocycles. The summed E-state index contributed by atoms with van der Waals surface area (Å²) in [6.45, 7) is 5.48. The Morgan fingerprint density at radius 1 is 1.65 bits per heavy atom. The number of fused-ring (bicyclic) bond motifs is 1. The molecule has 2 heterocycles. The Labute approximate surface area is 128 Å². The lowest BCUT2D eigenvalue weighted by Crippen LogP contribution is -2.66. The summed E-state index contributed by atoms with van der Waals surface area (Å²) in [6.07, 6.45) is 1.32. The highest BCUT2D eigenvalue weighted by molar-refractivity contribution is 7.09. The number of nitrogens with one attached hydrogen (secondary N) is 1. The molecule has 2 fully saturated rings. The van der Waals surface area contributed by atoms with Crippen molar-refractivity contribution in [2.24, 2.45) is 17.1 Å². The molecule has 20 heavy (non-hydrogen) atoms. The topological polar surface area (TPSA) is 77.2 Å². The van der Waals surface area contributed by atoms with Gasteiger partial charge in [-0.05, 0) is 6.42 Å². The fourth-order valence-corrected chi connectivity index (χ4v) is 4.00. The number of nitrogens with zero attached hydrogens (tertiary/aromatic N) is 1. The fourth-order valence-electron chi connectivity index (χ4n) is 3.34. The van der Waals surface area contributed by atoms with Gasteiger partial charge in [0, 0.05) is 35.9 Å². The van der Waals surface area contributed by atoms with Crippen LogP contribution in [0.5, 0.6) is 0 Å². The average molecular weight is 318 g/mol. The van der Waals surface area contributed by atoms with Crippen LogP contribution in [-0.4, -0.2) is 29.6 Å². The van der Waals surface area contributed by atoms with E-state index in [2.05, 4.69) is 24.1 Å². The molecule has 0 bridgehead atoms. The second kappa shape index (κ2) is 5.60. The zero-order chi connectivity index (χ0) is 13.6. The quantitative estimate of drug-likeness (QED) is 0.887. The first-order chi connectivity index (χ1) is 9.04. The monoisotopic (exact) mass is 317 g/mol. The minimum absolute atomic E-state index is 0. The molecule has 1 amide bonds. The van der Waals surface area contributed by atoms with Crippen molar-refractivity contribution in [3.05, 3.63) is 16.1 Å². The van der Waals surface area contributed by atoms with E-state index >= 15 is 0 Å². The number of carbonyl (C=O) groups excluding carboxylic acids is 1. The molecule has 1 aliphatic heterocycles. The first-order valence-electron chi connectivity index (χ1n) is 6.61. The number of ether oxygens (including phenoxy) is 1. The van der Waals surface area contributed by atoms with Crippen LogP contribution in [0, 0.1) is 11.3 Å². The van der Waals surface area contributed by atoms with E-state index in [1.807, 2.05) is 0 Å². The smallest absolute Gasteiger partial charge is 0.271 e. The summed E-state index contributed by atoms with van der Waals surface area (Å²) in [7, 11) is 0. The zero-order valence-corrected chi connectivity index (χ0v) is 13.2. The summed E-state index contributed by atoms with van der Waals surface area (Å²) in [4.78, 5) is 16.4. The van der Waals surface area contributed by atoms with Gasteiger partial charge in [0.2, 0.25) is 0 Å². The van der Waals surface area contributed by atoms with Crippen molar-refractivity contribution in [3.8, 4) is 0 Å². The number of hydrogen-bond acceptors (Lipinski definition) is 5. The van der Waals surface area contributed by atoms with Crippen LogP contribution in [0.3, 0.4) is 0 Å². The number of rotatable bonds is 3. The van der Waals surface area contributed by atoms with Gasteiger partial charge in [-0.1, -0.05) is 13.8 Å². The molecular weight excluding hydrogens is 298 g/mol. The molecule has 7 heteroatoms. The van der Waals surface area contributed by atoms with Gasteiger partial charge in [-0.2, -0.15) is 0 Å². The maximum Gasteiger partial charge on any atom is 0.271 e. The number of carbonyl (C=O) groups is 1. The van der Waals surface area contributed by atoms with E-state index < -0.39 is 0 Å². The Hall–Kier alpha value is -0.690. The summed E-state index contributed by atoms with van der Waals surface area (Å²) in [5.74, 6) is 0.353. The molecule has 0 spiro atoms. The number of hydrogen-bond donors (Lipinski definition) is 2. The third-order valence-electron chi connectivity index (χ3n) is 4.35. The molecule has 3 atom stereocenters. The van der Waals surface area contributed by atoms with Crippen LogP contribution in [0.2, 0.25) is 0 Å². The van der Waals surface area contributed by atoms with Gasteiger partial charge in [0.25, 0.3) is 5.91 Å². The number of nitrogens with two attached hydrogens (primary N) is 1. The van der Waals surface area contributed by atoms with E-state index in [-0.39, 0.29) is 35.9 Å². The number of aromatic nitrogens is 1. The van der Waals surface area contributed by atoms with Crippen LogP contribution >= 0.6 is 23.7 Å². The predicted octanol–water partition coefficient (Wildman–Crippen LogP) is 1.57. The number of thiazole rings is 1. The summed E-state index contributed by atoms with van der Waals surface area (Å²) in [6, 6.07) is 0.176. The van der Waals surface area contributed by atoms with Gasteiger partial charge in [-0.3, -0.25) is 4.79 Å². The zero-order valence-electron chi connectivity index (χ0n) is 11.6. The van der Waals surface area contributed by atoms with E-state index in [9.17, 15) is 4.79 Å². The third-order valence-corrected chi connectivity index (χ3v) is 5.22. The molecule has 5 nitrogen and oxygen atoms in total. The summed E-state index contributed by atoms with van der Waals surface area (Å²) < 4.78 is 5.72. The largest absolute Gasteiger partial charge is 0.377 e. The van der Waals surface area contributed by atoms with E-state index in [4.69, 9.17) is 10.5 Å². The van der Waals surface area contributed by atoms with E-state index in [0.29, 0.717) is 18.2 Å². The minimum Gasteiger partial charge on any atom is -0.377 e. The van der Waals surface area contributed by atoms with Crippen molar-refractivity contribution in [2.75, 3.05) is 6.61 Å². The molecule has 1 saturated heterocycles. The summed E-state index contributed by atoms with van der Waals surface area (Å²) >= 11 is 1.43. The average Bonchev–Trinajstić information content (AvgIpc) is 3.03. The standard InChI is InChI=1S/C13H19N3O2S.ClH/c1-13(2)10(7-3-4-18-11(7)13)16-12(17)8-6-19-9(5-14)15-8;/h6-7,10-11H,3-5,14H2,1-2H3,(H,16,17);1H. The summed E-state index contributed by atoms with van der Waals surface area (Å²) in [5, 5.41) is 5.68. The summed E-state index contributed by atoms with van der Waals surface area (Å²) in [5.41, 5.74) is 5.99. The molecule has 0 radical (unpaired) electrons. The van der Waals surface area contributed by atoms with Crippen LogP contribution in [0.15, 0.2) is 5.38 Å². The molecule has 112 valence electrons. The van der Waals surface area contributed by atoms with Crippen LogP contribution in [0.4, 0.5) is 0 Å². The van der Waals surface area contributed by atoms with Crippen molar-refractivity contribution in [3.63, 3.8) is 0 Å². The predicted molar refractivity (Wildman–Crippen MR) is 80.1 cm³/mol. The van der Waals surface area contributed by atoms with Crippen molar-refractivity contribution in [1.29, 1.82) is 0 Å². The minimum atomic E-state index is -0.0978. The van der Waals surface area contributed by atoms with Gasteiger partial charge in [0.1, 0.15) is 10.7 Å². The molecule has 1 saturated carbocycles. The van der Waals surface area contributed by atoms with Gasteiger partial charge in [-0.25, -0.2) is 4.98 Å². The highest BCUT2D eigenvalue weighted by atomic mass is 35.5. The molecule has 3 N–H and O–H groups in total. The lowest BCUT2D eigenvalue weighted by molar-refractivity contribution is -0.108. The first kappa shape index (κ1) is 15.7. The normalized spacial score (nSPS) is 30.1. The second-order valence-electron chi connectivity index (χ2n) is 5.85. The molecule has 0 aromatic carbocycles. The highest BCUT2D eigenvalue weighted by Crippen LogP contribution is 2.52. The Kier molecular flexibility index (Phi) is 4.39. The first-order valence-corrected chi connectivity index (χ1v) is 7.49. The second-order valence-corrected chi connectivity index (χ2v) is 6.79. The van der Waals surface area contributed by atoms with Crippen LogP contribution in [0.1, 0.15) is 35.8 Å². The number of amides is 1. The van der Waals surface area contributed by atoms with Crippen molar-refractivity contribution >= 4 is 29.7 Å². The van der Waals surface area contributed by atoms with Gasteiger partial charge < -0.3 is 15.8 Å². The molecule has 3 unspecified atom stereocenters. The molecule has 2 aliphatic rings. The van der Waals surface area contributed by atoms with Gasteiger partial charge in [0.15, 0.2) is 0 Å². The highest BCUT2D eigenvalue weighted by Gasteiger charge is 2.59. The maximum absolute atomic E-state index is 12.2. The Morgan fingerprint density at radius 2 is 2.40 bits per heavy atom. The third kappa shape index (κ3) is 2.35. The van der Waals surface area contributed by atoms with E-state index in [0.717, 1.165) is 18.0 Å². The van der Waals surface area contributed by atoms with Crippen LogP contribution in [0.25, 0.3) is 0 Å². The molecule has 1 aromatic rings. The molecule has 3 rings (SSSR count).